The van der Waals surface area contributed by atoms with Gasteiger partial charge in [0.25, 0.3) is 0 Å². The second kappa shape index (κ2) is 5.17. The maximum atomic E-state index is 10.1. The summed E-state index contributed by atoms with van der Waals surface area (Å²) >= 11 is 5.88. The molecule has 6 heteroatoms. The Morgan fingerprint density at radius 1 is 1.56 bits per heavy atom. The van der Waals surface area contributed by atoms with E-state index < -0.39 is 6.10 Å². The average molecular weight is 271 g/mol. The maximum Gasteiger partial charge on any atom is 0.207 e. The van der Waals surface area contributed by atoms with Gasteiger partial charge >= 0.3 is 0 Å². The zero-order valence-electron chi connectivity index (χ0n) is 11.4. The zero-order chi connectivity index (χ0) is 14.1. The highest BCUT2D eigenvalue weighted by Gasteiger charge is 2.25. The highest BCUT2D eigenvalue weighted by molar-refractivity contribution is 6.30. The molecule has 1 N–H and O–H groups in total. The molecular weight excluding hydrogens is 252 g/mol. The molecule has 0 aliphatic heterocycles. The molecule has 1 unspecified atom stereocenters. The first-order valence-corrected chi connectivity index (χ1v) is 6.07. The average Bonchev–Trinajstić information content (AvgIpc) is 2.52. The van der Waals surface area contributed by atoms with Crippen LogP contribution in [0.2, 0.25) is 5.15 Å². The molecule has 0 saturated heterocycles. The molecule has 0 fully saturated rings. The quantitative estimate of drug-likeness (QED) is 0.909. The van der Waals surface area contributed by atoms with Crippen LogP contribution in [-0.4, -0.2) is 34.4 Å². The molecule has 100 valence electrons. The number of nitrogens with zero attached hydrogens (tertiary/aromatic N) is 4. The lowest BCUT2D eigenvalue weighted by atomic mass is 9.89. The number of anilines is 1. The van der Waals surface area contributed by atoms with Crippen LogP contribution in [0.1, 0.15) is 26.5 Å². The van der Waals surface area contributed by atoms with Crippen molar-refractivity contribution in [3.63, 3.8) is 0 Å². The first kappa shape index (κ1) is 14.8. The Labute approximate surface area is 113 Å². The molecule has 0 aromatic carbocycles. The van der Waals surface area contributed by atoms with E-state index >= 15 is 0 Å². The maximum absolute atomic E-state index is 10.1. The van der Waals surface area contributed by atoms with E-state index in [0.717, 1.165) is 0 Å². The van der Waals surface area contributed by atoms with Gasteiger partial charge in [-0.15, -0.1) is 0 Å². The number of hydrogen-bond donors (Lipinski definition) is 1. The Kier molecular flexibility index (Phi) is 4.25. The van der Waals surface area contributed by atoms with Gasteiger partial charge in [-0.25, -0.2) is 0 Å². The van der Waals surface area contributed by atoms with E-state index in [9.17, 15) is 5.11 Å². The predicted molar refractivity (Wildman–Crippen MR) is 71.7 cm³/mol. The predicted octanol–water partition coefficient (Wildman–Crippen LogP) is 1.79. The van der Waals surface area contributed by atoms with Crippen molar-refractivity contribution in [1.29, 1.82) is 5.26 Å². The lowest BCUT2D eigenvalue weighted by molar-refractivity contribution is 0.0696. The van der Waals surface area contributed by atoms with Crippen LogP contribution in [0.3, 0.4) is 0 Å². The van der Waals surface area contributed by atoms with Crippen LogP contribution in [0.15, 0.2) is 0 Å². The van der Waals surface area contributed by atoms with Crippen molar-refractivity contribution in [1.82, 2.24) is 9.55 Å². The smallest absolute Gasteiger partial charge is 0.207 e. The van der Waals surface area contributed by atoms with Crippen LogP contribution in [0.4, 0.5) is 5.95 Å². The van der Waals surface area contributed by atoms with E-state index in [0.29, 0.717) is 18.2 Å². The Morgan fingerprint density at radius 3 is 2.50 bits per heavy atom. The van der Waals surface area contributed by atoms with Gasteiger partial charge in [-0.1, -0.05) is 32.4 Å². The van der Waals surface area contributed by atoms with Gasteiger partial charge in [0, 0.05) is 20.6 Å². The minimum Gasteiger partial charge on any atom is -0.391 e. The van der Waals surface area contributed by atoms with Crippen LogP contribution in [-0.2, 0) is 7.05 Å². The number of halogens is 1. The number of hydrogen-bond acceptors (Lipinski definition) is 4. The van der Waals surface area contributed by atoms with Crippen LogP contribution in [0, 0.1) is 16.7 Å². The van der Waals surface area contributed by atoms with Gasteiger partial charge in [0.05, 0.1) is 6.10 Å². The van der Waals surface area contributed by atoms with Gasteiger partial charge in [-0.2, -0.15) is 10.2 Å². The van der Waals surface area contributed by atoms with Gasteiger partial charge in [-0.05, 0) is 5.41 Å². The van der Waals surface area contributed by atoms with Crippen molar-refractivity contribution in [3.8, 4) is 6.07 Å². The van der Waals surface area contributed by atoms with E-state index in [1.807, 2.05) is 33.9 Å². The van der Waals surface area contributed by atoms with Crippen molar-refractivity contribution >= 4 is 17.5 Å². The molecule has 1 rings (SSSR count). The SMILES string of the molecule is CN(CC(O)C(C)(C)C)c1nc(Cl)c(C#N)n1C. The number of rotatable bonds is 3. The van der Waals surface area contributed by atoms with E-state index in [1.165, 1.54) is 0 Å². The van der Waals surface area contributed by atoms with E-state index in [2.05, 4.69) is 4.98 Å². The van der Waals surface area contributed by atoms with E-state index in [1.54, 1.807) is 16.5 Å². The highest BCUT2D eigenvalue weighted by atomic mass is 35.5. The molecule has 1 aromatic heterocycles. The summed E-state index contributed by atoms with van der Waals surface area (Å²) < 4.78 is 1.62. The second-order valence-electron chi connectivity index (χ2n) is 5.48. The third-order valence-corrected chi connectivity index (χ3v) is 3.19. The summed E-state index contributed by atoms with van der Waals surface area (Å²) in [4.78, 5) is 5.93. The third kappa shape index (κ3) is 2.95. The number of nitriles is 1. The Bertz CT molecular complexity index is 470. The fourth-order valence-corrected chi connectivity index (χ4v) is 1.78. The number of imidazole rings is 1. The van der Waals surface area contributed by atoms with Crippen molar-refractivity contribution in [2.45, 2.75) is 26.9 Å². The van der Waals surface area contributed by atoms with Crippen LogP contribution in [0.25, 0.3) is 0 Å². The molecule has 0 aliphatic rings. The lowest BCUT2D eigenvalue weighted by Gasteiger charge is -2.30. The molecule has 0 spiro atoms. The van der Waals surface area contributed by atoms with Crippen molar-refractivity contribution in [2.75, 3.05) is 18.5 Å². The summed E-state index contributed by atoms with van der Waals surface area (Å²) in [6, 6.07) is 2.00. The molecule has 18 heavy (non-hydrogen) atoms. The molecule has 0 radical (unpaired) electrons. The fourth-order valence-electron chi connectivity index (χ4n) is 1.53. The normalized spacial score (nSPS) is 13.2. The van der Waals surface area contributed by atoms with Gasteiger partial charge in [0.2, 0.25) is 5.95 Å². The van der Waals surface area contributed by atoms with Crippen molar-refractivity contribution < 1.29 is 5.11 Å². The fraction of sp³-hybridized carbons (Fsp3) is 0.667. The van der Waals surface area contributed by atoms with Gasteiger partial charge in [0.15, 0.2) is 10.8 Å². The number of aliphatic hydroxyl groups is 1. The zero-order valence-corrected chi connectivity index (χ0v) is 12.2. The van der Waals surface area contributed by atoms with Gasteiger partial charge < -0.3 is 14.6 Å². The van der Waals surface area contributed by atoms with Crippen LogP contribution in [0.5, 0.6) is 0 Å². The van der Waals surface area contributed by atoms with E-state index in [4.69, 9.17) is 16.9 Å². The minimum atomic E-state index is -0.497. The molecule has 0 saturated carbocycles. The van der Waals surface area contributed by atoms with Gasteiger partial charge in [-0.3, -0.25) is 0 Å². The highest BCUT2D eigenvalue weighted by Crippen LogP contribution is 2.24. The molecule has 5 nitrogen and oxygen atoms in total. The molecule has 1 aromatic rings. The van der Waals surface area contributed by atoms with Crippen LogP contribution >= 0.6 is 11.6 Å². The third-order valence-electron chi connectivity index (χ3n) is 2.92. The van der Waals surface area contributed by atoms with Gasteiger partial charge in [0.1, 0.15) is 6.07 Å². The molecule has 0 bridgehead atoms. The molecule has 1 atom stereocenters. The minimum absolute atomic E-state index is 0.187. The first-order valence-electron chi connectivity index (χ1n) is 5.70. The number of aliphatic hydroxyl groups excluding tert-OH is 1. The second-order valence-corrected chi connectivity index (χ2v) is 5.84. The summed E-state index contributed by atoms with van der Waals surface area (Å²) in [6.45, 7) is 6.34. The van der Waals surface area contributed by atoms with Crippen LogP contribution < -0.4 is 4.90 Å². The topological polar surface area (TPSA) is 65.1 Å². The summed E-state index contributed by atoms with van der Waals surface area (Å²) in [6.07, 6.45) is -0.497. The summed E-state index contributed by atoms with van der Waals surface area (Å²) in [5.74, 6) is 0.569. The molecule has 0 amide bonds. The standard InChI is InChI=1S/C12H19ClN4O/c1-12(2,3)9(18)7-16(4)11-15-10(13)8(6-14)17(11)5/h9,18H,7H2,1-5H3. The molecule has 0 aliphatic carbocycles. The number of likely N-dealkylation sites (N-methyl/N-ethyl adjacent to an activating group) is 1. The van der Waals surface area contributed by atoms with Crippen molar-refractivity contribution in [3.05, 3.63) is 10.8 Å². The number of aromatic nitrogens is 2. The summed E-state index contributed by atoms with van der Waals surface area (Å²) in [7, 11) is 3.54. The lowest BCUT2D eigenvalue weighted by Crippen LogP contribution is -2.38. The monoisotopic (exact) mass is 270 g/mol. The van der Waals surface area contributed by atoms with E-state index in [-0.39, 0.29) is 10.6 Å². The molecule has 1 heterocycles. The molecular formula is C12H19ClN4O. The first-order chi connectivity index (χ1) is 8.18. The summed E-state index contributed by atoms with van der Waals surface area (Å²) in [5.41, 5.74) is 0.116. The Morgan fingerprint density at radius 2 is 2.11 bits per heavy atom. The Hall–Kier alpha value is -1.25. The van der Waals surface area contributed by atoms with Crippen molar-refractivity contribution in [2.24, 2.45) is 12.5 Å². The Balaban J connectivity index is 2.93. The summed E-state index contributed by atoms with van der Waals surface area (Å²) in [5, 5.41) is 19.2. The largest absolute Gasteiger partial charge is 0.391 e.